The van der Waals surface area contributed by atoms with Crippen molar-refractivity contribution in [1.29, 1.82) is 0 Å². The molecule has 5 aliphatic heterocycles. The Morgan fingerprint density at radius 3 is 2.38 bits per heavy atom. The van der Waals surface area contributed by atoms with Gasteiger partial charge in [0.1, 0.15) is 35.9 Å². The molecule has 3 aliphatic carbocycles. The number of allylic oxidation sites excluding steroid dienone is 1. The Labute approximate surface area is 362 Å². The van der Waals surface area contributed by atoms with Crippen LogP contribution in [-0.4, -0.2) is 107 Å². The molecule has 5 saturated heterocycles. The maximum absolute atomic E-state index is 15.4. The predicted octanol–water partition coefficient (Wildman–Crippen LogP) is 7.00. The van der Waals surface area contributed by atoms with Gasteiger partial charge in [0.05, 0.1) is 24.9 Å². The minimum absolute atomic E-state index is 0.0483. The number of amides is 2. The number of benzene rings is 1. The van der Waals surface area contributed by atoms with Gasteiger partial charge in [-0.3, -0.25) is 19.2 Å². The fourth-order valence-electron chi connectivity index (χ4n) is 12.8. The van der Waals surface area contributed by atoms with Crippen LogP contribution in [0.2, 0.25) is 0 Å². The number of ether oxygens (including phenoxy) is 4. The van der Waals surface area contributed by atoms with Crippen molar-refractivity contribution in [2.75, 3.05) is 19.7 Å². The molecule has 11 atom stereocenters. The molecule has 2 amide bonds. The molecular formula is C49H71N3O9. The van der Waals surface area contributed by atoms with E-state index in [1.54, 1.807) is 9.96 Å². The molecule has 0 aromatic heterocycles. The zero-order chi connectivity index (χ0) is 42.7. The zero-order valence-corrected chi connectivity index (χ0v) is 37.3. The standard InChI is InChI=1S/C49H71N3O9/c1-6-8-10-21-48(22-11-9-7-2)59-39-37-29-49(45(56)51-25-12-13-36(51)43(54)50-24-26-53)41(44(55)57-37)52(61-42(49)40(39)60-48)30-32-16-14-31(15-17-32)27-33-18-19-38-47(5,58-38)23-20-35-34(33)28-46(35,3)4/h14-17,27,34-42,53H,6-13,18-26,28-30H2,1-5H3,(H,50,54)/t34-,35-,36-,37-,38?,39+,40+,41+,42-,47-,49+/m1/s1. The third kappa shape index (κ3) is 7.81. The summed E-state index contributed by atoms with van der Waals surface area (Å²) >= 11 is 0. The Kier molecular flexibility index (Phi) is 12.0. The number of nitrogens with one attached hydrogen (secondary N) is 1. The number of esters is 1. The second-order valence-electron chi connectivity index (χ2n) is 20.7. The van der Waals surface area contributed by atoms with Crippen LogP contribution in [0.25, 0.3) is 6.08 Å². The Morgan fingerprint density at radius 2 is 1.67 bits per heavy atom. The maximum Gasteiger partial charge on any atom is 0.327 e. The third-order valence-electron chi connectivity index (χ3n) is 16.3. The van der Waals surface area contributed by atoms with Crippen molar-refractivity contribution < 1.29 is 43.3 Å². The van der Waals surface area contributed by atoms with Crippen molar-refractivity contribution in [3.05, 3.63) is 41.0 Å². The Morgan fingerprint density at radius 1 is 0.934 bits per heavy atom. The number of hydrogen-bond acceptors (Lipinski definition) is 10. The second kappa shape index (κ2) is 16.9. The van der Waals surface area contributed by atoms with Gasteiger partial charge in [0.2, 0.25) is 11.8 Å². The summed E-state index contributed by atoms with van der Waals surface area (Å²) in [5.41, 5.74) is 2.69. The number of hydrogen-bond donors (Lipinski definition) is 2. The van der Waals surface area contributed by atoms with Crippen molar-refractivity contribution in [2.24, 2.45) is 22.7 Å². The average Bonchev–Trinajstić information content (AvgIpc) is 3.62. The number of aliphatic hydroxyl groups is 1. The van der Waals surface area contributed by atoms with E-state index in [0.29, 0.717) is 55.6 Å². The largest absolute Gasteiger partial charge is 0.458 e. The minimum Gasteiger partial charge on any atom is -0.458 e. The number of rotatable bonds is 15. The van der Waals surface area contributed by atoms with Gasteiger partial charge in [0.25, 0.3) is 0 Å². The van der Waals surface area contributed by atoms with Crippen molar-refractivity contribution in [3.8, 4) is 0 Å². The van der Waals surface area contributed by atoms with Gasteiger partial charge in [0.15, 0.2) is 11.8 Å². The van der Waals surface area contributed by atoms with Crippen molar-refractivity contribution in [2.45, 2.75) is 198 Å². The molecule has 3 saturated carbocycles. The smallest absolute Gasteiger partial charge is 0.327 e. The topological polar surface area (TPSA) is 139 Å². The number of carbonyl (C=O) groups is 3. The molecule has 1 aromatic carbocycles. The Balaban J connectivity index is 1.01. The summed E-state index contributed by atoms with van der Waals surface area (Å²) in [6.07, 6.45) is 14.7. The van der Waals surface area contributed by atoms with Crippen molar-refractivity contribution >= 4 is 23.9 Å². The van der Waals surface area contributed by atoms with E-state index in [0.717, 1.165) is 68.9 Å². The van der Waals surface area contributed by atoms with Crippen LogP contribution in [-0.2, 0) is 44.7 Å². The Hall–Kier alpha value is -2.87. The van der Waals surface area contributed by atoms with Gasteiger partial charge in [-0.2, -0.15) is 5.06 Å². The normalized spacial score (nSPS) is 38.7. The number of carbonyl (C=O) groups excluding carboxylic acids is 3. The van der Waals surface area contributed by atoms with Crippen LogP contribution < -0.4 is 5.32 Å². The summed E-state index contributed by atoms with van der Waals surface area (Å²) in [6, 6.07) is 6.80. The van der Waals surface area contributed by atoms with Crippen molar-refractivity contribution in [3.63, 3.8) is 0 Å². The quantitative estimate of drug-likeness (QED) is 0.108. The van der Waals surface area contributed by atoms with Crippen LogP contribution in [0, 0.1) is 22.7 Å². The molecule has 1 unspecified atom stereocenters. The highest BCUT2D eigenvalue weighted by Crippen LogP contribution is 2.61. The molecule has 8 aliphatic rings. The number of nitrogens with zero attached hydrogens (tertiary/aromatic N) is 2. The highest BCUT2D eigenvalue weighted by atomic mass is 16.8. The first kappa shape index (κ1) is 43.4. The van der Waals surface area contributed by atoms with E-state index in [-0.39, 0.29) is 43.5 Å². The molecule has 12 nitrogen and oxygen atoms in total. The average molecular weight is 846 g/mol. The summed E-state index contributed by atoms with van der Waals surface area (Å²) in [5.74, 6) is -0.657. The summed E-state index contributed by atoms with van der Waals surface area (Å²) in [6.45, 7) is 12.1. The van der Waals surface area contributed by atoms with Crippen LogP contribution in [0.1, 0.15) is 148 Å². The number of hydroxylamine groups is 2. The Bertz CT molecular complexity index is 1820. The number of aliphatic hydroxyl groups excluding tert-OH is 1. The molecule has 8 fully saturated rings. The highest BCUT2D eigenvalue weighted by molar-refractivity contribution is 5.96. The van der Waals surface area contributed by atoms with Gasteiger partial charge >= 0.3 is 5.97 Å². The van der Waals surface area contributed by atoms with Crippen LogP contribution >= 0.6 is 0 Å². The summed E-state index contributed by atoms with van der Waals surface area (Å²) in [5, 5.41) is 13.9. The van der Waals surface area contributed by atoms with E-state index in [9.17, 15) is 14.7 Å². The molecular weight excluding hydrogens is 775 g/mol. The third-order valence-corrected chi connectivity index (χ3v) is 16.3. The van der Waals surface area contributed by atoms with Crippen LogP contribution in [0.5, 0.6) is 0 Å². The molecule has 2 N–H and O–H groups in total. The van der Waals surface area contributed by atoms with E-state index < -0.39 is 53.7 Å². The predicted molar refractivity (Wildman–Crippen MR) is 228 cm³/mol. The van der Waals surface area contributed by atoms with E-state index in [1.165, 1.54) is 18.4 Å². The lowest BCUT2D eigenvalue weighted by atomic mass is 9.52. The summed E-state index contributed by atoms with van der Waals surface area (Å²) < 4.78 is 26.6. The minimum atomic E-state index is -1.34. The molecule has 336 valence electrons. The fourth-order valence-corrected chi connectivity index (χ4v) is 12.8. The highest BCUT2D eigenvalue weighted by Gasteiger charge is 2.77. The van der Waals surface area contributed by atoms with Gasteiger partial charge < -0.3 is 34.3 Å². The molecule has 12 heteroatoms. The van der Waals surface area contributed by atoms with Gasteiger partial charge in [-0.25, -0.2) is 0 Å². The number of epoxide rings is 1. The summed E-state index contributed by atoms with van der Waals surface area (Å²) in [7, 11) is 0. The number of likely N-dealkylation sites (tertiary alicyclic amines) is 1. The van der Waals surface area contributed by atoms with Gasteiger partial charge in [0, 0.05) is 32.4 Å². The van der Waals surface area contributed by atoms with Gasteiger partial charge in [-0.15, -0.1) is 0 Å². The lowest BCUT2D eigenvalue weighted by molar-refractivity contribution is -0.225. The number of fused-ring (bicyclic) bond motifs is 6. The molecule has 9 rings (SSSR count). The monoisotopic (exact) mass is 846 g/mol. The second-order valence-corrected chi connectivity index (χ2v) is 20.7. The van der Waals surface area contributed by atoms with Gasteiger partial charge in [-0.05, 0) is 93.1 Å². The zero-order valence-electron chi connectivity index (χ0n) is 37.3. The van der Waals surface area contributed by atoms with Crippen molar-refractivity contribution in [1.82, 2.24) is 15.3 Å². The molecule has 61 heavy (non-hydrogen) atoms. The van der Waals surface area contributed by atoms with E-state index in [4.69, 9.17) is 23.8 Å². The molecule has 0 spiro atoms. The maximum atomic E-state index is 15.4. The molecule has 5 heterocycles. The lowest BCUT2D eigenvalue weighted by Gasteiger charge is -2.53. The molecule has 0 radical (unpaired) electrons. The number of unbranched alkanes of at least 4 members (excludes halogenated alkanes) is 4. The lowest BCUT2D eigenvalue weighted by Crippen LogP contribution is -2.70. The van der Waals surface area contributed by atoms with Crippen LogP contribution in [0.15, 0.2) is 29.8 Å². The first-order chi connectivity index (χ1) is 29.3. The van der Waals surface area contributed by atoms with E-state index in [1.807, 2.05) is 0 Å². The van der Waals surface area contributed by atoms with Gasteiger partial charge in [-0.1, -0.05) is 89.3 Å². The van der Waals surface area contributed by atoms with Crippen LogP contribution in [0.4, 0.5) is 0 Å². The van der Waals surface area contributed by atoms with E-state index >= 15 is 4.79 Å². The first-order valence-electron chi connectivity index (χ1n) is 24.0. The molecule has 1 aromatic rings. The molecule has 2 bridgehead atoms. The SMILES string of the molecule is CCCCCC1(CCCCC)O[C@@H]2[C@H](O1)[C@H]1ON(Cc3ccc(C=C4CCC5O[C@]5(C)CC[C@@H]5[C@@H]4CC5(C)C)cc3)[C@H]3C(=O)O[C@@H]2C[C@@]13C(=O)N1CCC[C@@H]1C(=O)NCCO. The first-order valence-corrected chi connectivity index (χ1v) is 24.0. The van der Waals surface area contributed by atoms with Crippen LogP contribution in [0.3, 0.4) is 0 Å². The summed E-state index contributed by atoms with van der Waals surface area (Å²) in [4.78, 5) is 51.9. The fraction of sp³-hybridized carbons (Fsp3) is 0.776. The van der Waals surface area contributed by atoms with E-state index in [2.05, 4.69) is 70.3 Å².